The summed E-state index contributed by atoms with van der Waals surface area (Å²) in [5.74, 6) is -0.125. The van der Waals surface area contributed by atoms with E-state index >= 15 is 0 Å². The van der Waals surface area contributed by atoms with E-state index in [4.69, 9.17) is 23.2 Å². The smallest absolute Gasteiger partial charge is 0.243 e. The quantitative estimate of drug-likeness (QED) is 0.570. The van der Waals surface area contributed by atoms with Gasteiger partial charge in [-0.05, 0) is 50.7 Å². The molecule has 0 radical (unpaired) electrons. The predicted molar refractivity (Wildman–Crippen MR) is 110 cm³/mol. The van der Waals surface area contributed by atoms with Gasteiger partial charge in [0.1, 0.15) is 0 Å². The van der Waals surface area contributed by atoms with E-state index < -0.39 is 25.9 Å². The molecule has 0 spiro atoms. The van der Waals surface area contributed by atoms with Crippen LogP contribution >= 0.6 is 23.2 Å². The summed E-state index contributed by atoms with van der Waals surface area (Å²) in [5.41, 5.74) is 0. The van der Waals surface area contributed by atoms with Gasteiger partial charge in [-0.15, -0.1) is 0 Å². The maximum atomic E-state index is 13.2. The van der Waals surface area contributed by atoms with Gasteiger partial charge < -0.3 is 4.90 Å². The summed E-state index contributed by atoms with van der Waals surface area (Å²) in [4.78, 5) is 2.24. The maximum absolute atomic E-state index is 13.2. The van der Waals surface area contributed by atoms with Crippen molar-refractivity contribution >= 4 is 43.1 Å². The zero-order chi connectivity index (χ0) is 20.2. The summed E-state index contributed by atoms with van der Waals surface area (Å²) in [6.07, 6.45) is 0.937. The van der Waals surface area contributed by atoms with Gasteiger partial charge >= 0.3 is 0 Å². The largest absolute Gasteiger partial charge is 0.304 e. The Balaban J connectivity index is 2.28. The Hall–Kier alpha value is -0.380. The molecule has 10 heteroatoms. The second-order valence-electron chi connectivity index (χ2n) is 6.63. The predicted octanol–water partition coefficient (Wildman–Crippen LogP) is 2.90. The Morgan fingerprint density at radius 3 is 2.30 bits per heavy atom. The van der Waals surface area contributed by atoms with Crippen LogP contribution < -0.4 is 0 Å². The SMILES string of the molecule is CCN(CC)CCCN([C@H]1CCS(=O)(=O)C1)S(=O)(=O)c1ccc(Cl)c(Cl)c1. The van der Waals surface area contributed by atoms with E-state index in [-0.39, 0.29) is 33.0 Å². The van der Waals surface area contributed by atoms with Crippen molar-refractivity contribution in [3.8, 4) is 0 Å². The molecule has 154 valence electrons. The molecule has 27 heavy (non-hydrogen) atoms. The van der Waals surface area contributed by atoms with Crippen LogP contribution in [0.5, 0.6) is 0 Å². The van der Waals surface area contributed by atoms with E-state index in [1.54, 1.807) is 0 Å². The molecule has 0 aromatic heterocycles. The zero-order valence-corrected chi connectivity index (χ0v) is 18.7. The Morgan fingerprint density at radius 2 is 1.78 bits per heavy atom. The lowest BCUT2D eigenvalue weighted by atomic mass is 10.2. The number of hydrogen-bond acceptors (Lipinski definition) is 5. The summed E-state index contributed by atoms with van der Waals surface area (Å²) >= 11 is 11.9. The van der Waals surface area contributed by atoms with Crippen molar-refractivity contribution in [1.82, 2.24) is 9.21 Å². The third kappa shape index (κ3) is 5.81. The monoisotopic (exact) mass is 456 g/mol. The topological polar surface area (TPSA) is 74.8 Å². The van der Waals surface area contributed by atoms with Crippen molar-refractivity contribution in [3.63, 3.8) is 0 Å². The molecule has 1 heterocycles. The summed E-state index contributed by atoms with van der Waals surface area (Å²) < 4.78 is 51.6. The first kappa shape index (κ1) is 22.9. The van der Waals surface area contributed by atoms with E-state index in [1.165, 1.54) is 22.5 Å². The van der Waals surface area contributed by atoms with Crippen molar-refractivity contribution < 1.29 is 16.8 Å². The number of sulfonamides is 1. The summed E-state index contributed by atoms with van der Waals surface area (Å²) in [7, 11) is -7.09. The molecular weight excluding hydrogens is 431 g/mol. The van der Waals surface area contributed by atoms with Crippen LogP contribution in [-0.4, -0.2) is 69.8 Å². The molecule has 0 aliphatic carbocycles. The summed E-state index contributed by atoms with van der Waals surface area (Å²) in [6.45, 7) is 6.88. The van der Waals surface area contributed by atoms with Crippen molar-refractivity contribution in [3.05, 3.63) is 28.2 Å². The number of sulfone groups is 1. The minimum absolute atomic E-state index is 0.0150. The van der Waals surface area contributed by atoms with Crippen LogP contribution in [0, 0.1) is 0 Å². The second kappa shape index (κ2) is 9.41. The highest BCUT2D eigenvalue weighted by atomic mass is 35.5. The lowest BCUT2D eigenvalue weighted by Crippen LogP contribution is -2.42. The van der Waals surface area contributed by atoms with Gasteiger partial charge in [0, 0.05) is 12.6 Å². The minimum atomic E-state index is -3.88. The van der Waals surface area contributed by atoms with Crippen LogP contribution in [0.25, 0.3) is 0 Å². The van der Waals surface area contributed by atoms with Gasteiger partial charge in [-0.25, -0.2) is 16.8 Å². The fourth-order valence-corrected chi connectivity index (χ4v) is 7.17. The van der Waals surface area contributed by atoms with Crippen molar-refractivity contribution in [1.29, 1.82) is 0 Å². The van der Waals surface area contributed by atoms with Crippen LogP contribution in [0.15, 0.2) is 23.1 Å². The molecule has 1 aromatic rings. The molecular formula is C17H26Cl2N2O4S2. The third-order valence-electron chi connectivity index (χ3n) is 4.86. The Morgan fingerprint density at radius 1 is 1.11 bits per heavy atom. The van der Waals surface area contributed by atoms with Crippen LogP contribution in [-0.2, 0) is 19.9 Å². The average molecular weight is 457 g/mol. The lowest BCUT2D eigenvalue weighted by Gasteiger charge is -2.28. The average Bonchev–Trinajstić information content (AvgIpc) is 2.96. The highest BCUT2D eigenvalue weighted by Gasteiger charge is 2.38. The molecule has 1 fully saturated rings. The molecule has 0 bridgehead atoms. The molecule has 6 nitrogen and oxygen atoms in total. The van der Waals surface area contributed by atoms with Crippen molar-refractivity contribution in [2.75, 3.05) is 37.7 Å². The van der Waals surface area contributed by atoms with Gasteiger partial charge in [-0.2, -0.15) is 4.31 Å². The van der Waals surface area contributed by atoms with E-state index in [0.29, 0.717) is 12.8 Å². The molecule has 1 saturated heterocycles. The van der Waals surface area contributed by atoms with Crippen LogP contribution in [0.4, 0.5) is 0 Å². The number of nitrogens with zero attached hydrogens (tertiary/aromatic N) is 2. The Bertz CT molecular complexity index is 856. The molecule has 1 aliphatic heterocycles. The first-order valence-corrected chi connectivity index (χ1v) is 13.0. The van der Waals surface area contributed by atoms with E-state index in [2.05, 4.69) is 18.7 Å². The zero-order valence-electron chi connectivity index (χ0n) is 15.6. The van der Waals surface area contributed by atoms with Crippen LogP contribution in [0.3, 0.4) is 0 Å². The van der Waals surface area contributed by atoms with Gasteiger partial charge in [-0.1, -0.05) is 37.0 Å². The number of rotatable bonds is 9. The number of hydrogen-bond donors (Lipinski definition) is 0. The molecule has 2 rings (SSSR count). The standard InChI is InChI=1S/C17H26Cl2N2O4S2/c1-3-20(4-2)9-5-10-21(14-8-11-26(22,23)13-14)27(24,25)15-6-7-16(18)17(19)12-15/h6-7,12,14H,3-5,8-11,13H2,1-2H3/t14-/m0/s1. The van der Waals surface area contributed by atoms with Crippen molar-refractivity contribution in [2.24, 2.45) is 0 Å². The molecule has 1 atom stereocenters. The Labute approximate surface area is 172 Å². The second-order valence-corrected chi connectivity index (χ2v) is 11.6. The molecule has 0 unspecified atom stereocenters. The lowest BCUT2D eigenvalue weighted by molar-refractivity contribution is 0.269. The van der Waals surface area contributed by atoms with Gasteiger partial charge in [-0.3, -0.25) is 0 Å². The third-order valence-corrected chi connectivity index (χ3v) is 9.30. The van der Waals surface area contributed by atoms with Crippen molar-refractivity contribution in [2.45, 2.75) is 37.6 Å². The van der Waals surface area contributed by atoms with Gasteiger partial charge in [0.25, 0.3) is 0 Å². The summed E-state index contributed by atoms with van der Waals surface area (Å²) in [5, 5.41) is 0.423. The molecule has 0 amide bonds. The molecule has 0 saturated carbocycles. The van der Waals surface area contributed by atoms with Crippen LogP contribution in [0.2, 0.25) is 10.0 Å². The van der Waals surface area contributed by atoms with Gasteiger partial charge in [0.05, 0.1) is 26.4 Å². The highest BCUT2D eigenvalue weighted by molar-refractivity contribution is 7.92. The normalized spacial score (nSPS) is 19.9. The number of benzene rings is 1. The molecule has 0 N–H and O–H groups in total. The molecule has 1 aliphatic rings. The Kier molecular flexibility index (Phi) is 7.98. The first-order valence-electron chi connectivity index (χ1n) is 9.00. The van der Waals surface area contributed by atoms with E-state index in [9.17, 15) is 16.8 Å². The maximum Gasteiger partial charge on any atom is 0.243 e. The number of halogens is 2. The first-order chi connectivity index (χ1) is 12.6. The molecule has 1 aromatic carbocycles. The summed E-state index contributed by atoms with van der Waals surface area (Å²) in [6, 6.07) is 3.62. The highest BCUT2D eigenvalue weighted by Crippen LogP contribution is 2.29. The fraction of sp³-hybridized carbons (Fsp3) is 0.647. The minimum Gasteiger partial charge on any atom is -0.304 e. The van der Waals surface area contributed by atoms with E-state index in [1.807, 2.05) is 0 Å². The van der Waals surface area contributed by atoms with Crippen LogP contribution in [0.1, 0.15) is 26.7 Å². The van der Waals surface area contributed by atoms with Gasteiger partial charge in [0.15, 0.2) is 9.84 Å². The van der Waals surface area contributed by atoms with Gasteiger partial charge in [0.2, 0.25) is 10.0 Å². The fourth-order valence-electron chi connectivity index (χ4n) is 3.26. The van der Waals surface area contributed by atoms with E-state index in [0.717, 1.165) is 19.6 Å².